The fraction of sp³-hybridized carbons (Fsp3) is 0.182. The molecule has 0 heterocycles. The molecule has 5 heteroatoms. The Kier molecular flexibility index (Phi) is 5.57. The summed E-state index contributed by atoms with van der Waals surface area (Å²) in [6.45, 7) is 7.82. The van der Waals surface area contributed by atoms with Crippen molar-refractivity contribution in [3.63, 3.8) is 0 Å². The minimum Gasteiger partial charge on any atom is -0.386 e. The van der Waals surface area contributed by atoms with Crippen LogP contribution in [0.2, 0.25) is 0 Å². The normalized spacial score (nSPS) is 11.1. The van der Waals surface area contributed by atoms with Gasteiger partial charge in [-0.3, -0.25) is 0 Å². The van der Waals surface area contributed by atoms with E-state index in [9.17, 15) is 4.57 Å². The van der Waals surface area contributed by atoms with Crippen LogP contribution in [0.3, 0.4) is 0 Å². The first-order valence-electron chi connectivity index (χ1n) is 8.72. The highest BCUT2D eigenvalue weighted by molar-refractivity contribution is 7.49. The summed E-state index contributed by atoms with van der Waals surface area (Å²) >= 11 is 0. The van der Waals surface area contributed by atoms with Crippen molar-refractivity contribution < 1.29 is 18.1 Å². The smallest absolute Gasteiger partial charge is 0.386 e. The molecule has 0 fully saturated rings. The van der Waals surface area contributed by atoms with E-state index in [1.165, 1.54) is 0 Å². The highest BCUT2D eigenvalue weighted by Crippen LogP contribution is 2.50. The predicted molar refractivity (Wildman–Crippen MR) is 108 cm³/mol. The van der Waals surface area contributed by atoms with Gasteiger partial charge in [0, 0.05) is 0 Å². The van der Waals surface area contributed by atoms with E-state index in [1.54, 1.807) is 30.3 Å². The van der Waals surface area contributed by atoms with Crippen LogP contribution in [0.15, 0.2) is 66.7 Å². The first kappa shape index (κ1) is 19.1. The Hall–Kier alpha value is -2.71. The lowest BCUT2D eigenvalue weighted by Gasteiger charge is -2.20. The third-order valence-electron chi connectivity index (χ3n) is 4.02. The molecule has 0 aromatic heterocycles. The lowest BCUT2D eigenvalue weighted by Crippen LogP contribution is -2.08. The van der Waals surface area contributed by atoms with E-state index >= 15 is 0 Å². The van der Waals surface area contributed by atoms with Crippen molar-refractivity contribution in [1.29, 1.82) is 0 Å². The van der Waals surface area contributed by atoms with Crippen LogP contribution in [0, 0.1) is 27.7 Å². The molecule has 0 atom stereocenters. The van der Waals surface area contributed by atoms with Crippen molar-refractivity contribution in [3.05, 3.63) is 89.0 Å². The molecule has 0 radical (unpaired) electrons. The van der Waals surface area contributed by atoms with Crippen LogP contribution in [0.1, 0.15) is 22.3 Å². The molecule has 0 saturated carbocycles. The van der Waals surface area contributed by atoms with Crippen molar-refractivity contribution >= 4 is 7.82 Å². The van der Waals surface area contributed by atoms with Crippen LogP contribution in [-0.2, 0) is 4.57 Å². The van der Waals surface area contributed by atoms with Gasteiger partial charge in [-0.2, -0.15) is 4.57 Å². The lowest BCUT2D eigenvalue weighted by atomic mass is 10.1. The van der Waals surface area contributed by atoms with Crippen LogP contribution in [0.4, 0.5) is 0 Å². The van der Waals surface area contributed by atoms with Gasteiger partial charge in [0.2, 0.25) is 0 Å². The van der Waals surface area contributed by atoms with Gasteiger partial charge in [0.15, 0.2) is 0 Å². The van der Waals surface area contributed by atoms with Gasteiger partial charge in [0.25, 0.3) is 0 Å². The second kappa shape index (κ2) is 7.89. The summed E-state index contributed by atoms with van der Waals surface area (Å²) in [6.07, 6.45) is 0. The van der Waals surface area contributed by atoms with Crippen LogP contribution in [0.25, 0.3) is 0 Å². The zero-order valence-electron chi connectivity index (χ0n) is 15.9. The second-order valence-corrected chi connectivity index (χ2v) is 8.06. The molecule has 0 saturated heterocycles. The zero-order valence-corrected chi connectivity index (χ0v) is 16.8. The van der Waals surface area contributed by atoms with Gasteiger partial charge in [-0.25, -0.2) is 0 Å². The molecule has 140 valence electrons. The molecule has 0 unspecified atom stereocenters. The number of phosphoric acid groups is 1. The van der Waals surface area contributed by atoms with Crippen molar-refractivity contribution in [1.82, 2.24) is 0 Å². The zero-order chi connectivity index (χ0) is 19.4. The molecule has 0 aliphatic heterocycles. The van der Waals surface area contributed by atoms with Gasteiger partial charge in [-0.1, -0.05) is 53.1 Å². The van der Waals surface area contributed by atoms with Crippen LogP contribution in [-0.4, -0.2) is 0 Å². The Labute approximate surface area is 160 Å². The van der Waals surface area contributed by atoms with Crippen LogP contribution in [0.5, 0.6) is 17.2 Å². The van der Waals surface area contributed by atoms with E-state index in [1.807, 2.05) is 64.1 Å². The minimum atomic E-state index is -3.96. The quantitative estimate of drug-likeness (QED) is 0.453. The third-order valence-corrected chi connectivity index (χ3v) is 5.31. The molecule has 3 aromatic rings. The minimum absolute atomic E-state index is 0.417. The monoisotopic (exact) mass is 382 g/mol. The van der Waals surface area contributed by atoms with Crippen molar-refractivity contribution in [3.8, 4) is 17.2 Å². The lowest BCUT2D eigenvalue weighted by molar-refractivity contribution is 0.297. The Morgan fingerprint density at radius 1 is 0.593 bits per heavy atom. The van der Waals surface area contributed by atoms with Gasteiger partial charge in [0.05, 0.1) is 0 Å². The molecular weight excluding hydrogens is 359 g/mol. The maximum atomic E-state index is 13.5. The van der Waals surface area contributed by atoms with Crippen LogP contribution >= 0.6 is 7.82 Å². The summed E-state index contributed by atoms with van der Waals surface area (Å²) < 4.78 is 30.6. The Morgan fingerprint density at radius 3 is 1.48 bits per heavy atom. The van der Waals surface area contributed by atoms with Crippen molar-refractivity contribution in [2.24, 2.45) is 0 Å². The summed E-state index contributed by atoms with van der Waals surface area (Å²) in [6, 6.07) is 20.1. The number of phosphoric ester groups is 1. The number of rotatable bonds is 6. The highest BCUT2D eigenvalue weighted by Gasteiger charge is 2.33. The number of aryl methyl sites for hydroxylation is 4. The topological polar surface area (TPSA) is 44.8 Å². The number of benzene rings is 3. The molecule has 0 aliphatic carbocycles. The Bertz CT molecular complexity index is 911. The first-order chi connectivity index (χ1) is 12.8. The molecule has 0 aliphatic rings. The summed E-state index contributed by atoms with van der Waals surface area (Å²) in [5, 5.41) is 0. The van der Waals surface area contributed by atoms with E-state index in [0.717, 1.165) is 22.3 Å². The molecule has 3 rings (SSSR count). The number of hydrogen-bond donors (Lipinski definition) is 0. The van der Waals surface area contributed by atoms with Gasteiger partial charge in [-0.15, -0.1) is 0 Å². The summed E-state index contributed by atoms with van der Waals surface area (Å²) in [4.78, 5) is 0. The molecule has 0 bridgehead atoms. The molecule has 0 spiro atoms. The molecular formula is C22H23O4P. The summed E-state index contributed by atoms with van der Waals surface area (Å²) in [5.41, 5.74) is 4.10. The van der Waals surface area contributed by atoms with E-state index in [2.05, 4.69) is 0 Å². The molecule has 3 aromatic carbocycles. The fourth-order valence-corrected chi connectivity index (χ4v) is 3.85. The largest absolute Gasteiger partial charge is 0.647 e. The molecule has 4 nitrogen and oxygen atoms in total. The Morgan fingerprint density at radius 2 is 1.04 bits per heavy atom. The maximum absolute atomic E-state index is 13.5. The third kappa shape index (κ3) is 5.15. The fourth-order valence-electron chi connectivity index (χ4n) is 2.53. The van der Waals surface area contributed by atoms with E-state index in [-0.39, 0.29) is 0 Å². The predicted octanol–water partition coefficient (Wildman–Crippen LogP) is 6.57. The summed E-state index contributed by atoms with van der Waals surface area (Å²) in [7, 11) is -3.96. The van der Waals surface area contributed by atoms with Crippen molar-refractivity contribution in [2.75, 3.05) is 0 Å². The van der Waals surface area contributed by atoms with Gasteiger partial charge >= 0.3 is 7.82 Å². The standard InChI is InChI=1S/C22H23O4P/c1-16-5-10-20(11-6-16)24-27(23,25-21-12-7-17(2)8-13-21)26-22-14-9-18(3)15-19(22)4/h5-15H,1-4H3. The average Bonchev–Trinajstić information content (AvgIpc) is 2.62. The molecule has 0 N–H and O–H groups in total. The SMILES string of the molecule is Cc1ccc(OP(=O)(Oc2ccc(C)cc2)Oc2ccc(C)cc2C)cc1. The first-order valence-corrected chi connectivity index (χ1v) is 10.2. The Balaban J connectivity index is 1.92. The molecule has 27 heavy (non-hydrogen) atoms. The van der Waals surface area contributed by atoms with Crippen molar-refractivity contribution in [2.45, 2.75) is 27.7 Å². The average molecular weight is 382 g/mol. The van der Waals surface area contributed by atoms with Gasteiger partial charge in [0.1, 0.15) is 17.2 Å². The van der Waals surface area contributed by atoms with E-state index in [0.29, 0.717) is 17.2 Å². The van der Waals surface area contributed by atoms with E-state index < -0.39 is 7.82 Å². The second-order valence-electron chi connectivity index (χ2n) is 6.62. The maximum Gasteiger partial charge on any atom is 0.647 e. The van der Waals surface area contributed by atoms with E-state index in [4.69, 9.17) is 13.6 Å². The summed E-state index contributed by atoms with van der Waals surface area (Å²) in [5.74, 6) is 1.30. The number of hydrogen-bond acceptors (Lipinski definition) is 4. The van der Waals surface area contributed by atoms with Gasteiger partial charge < -0.3 is 13.6 Å². The van der Waals surface area contributed by atoms with Gasteiger partial charge in [-0.05, 0) is 63.6 Å². The highest BCUT2D eigenvalue weighted by atomic mass is 31.2. The van der Waals surface area contributed by atoms with Crippen LogP contribution < -0.4 is 13.6 Å². The molecule has 0 amide bonds.